The second-order valence-corrected chi connectivity index (χ2v) is 4.24. The van der Waals surface area contributed by atoms with E-state index >= 15 is 0 Å². The van der Waals surface area contributed by atoms with Crippen LogP contribution in [0.3, 0.4) is 0 Å². The maximum Gasteiger partial charge on any atom is 0.199 e. The van der Waals surface area contributed by atoms with Gasteiger partial charge in [0.05, 0.1) is 6.26 Å². The van der Waals surface area contributed by atoms with Crippen molar-refractivity contribution >= 4 is 5.78 Å². The highest BCUT2D eigenvalue weighted by molar-refractivity contribution is 5.94. The van der Waals surface area contributed by atoms with Crippen LogP contribution in [-0.4, -0.2) is 11.9 Å². The largest absolute Gasteiger partial charge is 0.490 e. The van der Waals surface area contributed by atoms with E-state index in [2.05, 4.69) is 6.92 Å². The summed E-state index contributed by atoms with van der Waals surface area (Å²) in [6, 6.07) is 0. The van der Waals surface area contributed by atoms with Crippen LogP contribution in [0, 0.1) is 0 Å². The van der Waals surface area contributed by atoms with Gasteiger partial charge in [-0.1, -0.05) is 45.4 Å². The Morgan fingerprint density at radius 2 is 1.80 bits per heavy atom. The predicted octanol–water partition coefficient (Wildman–Crippen LogP) is 3.61. The molecule has 0 amide bonds. The molecule has 1 unspecified atom stereocenters. The third-order valence-corrected chi connectivity index (χ3v) is 2.86. The summed E-state index contributed by atoms with van der Waals surface area (Å²) in [4.78, 5) is 11.2. The number of ether oxygens (including phenoxy) is 1. The van der Waals surface area contributed by atoms with Crippen molar-refractivity contribution in [3.8, 4) is 0 Å². The second-order valence-electron chi connectivity index (χ2n) is 4.24. The van der Waals surface area contributed by atoms with E-state index in [0.29, 0.717) is 0 Å². The molecule has 0 N–H and O–H groups in total. The van der Waals surface area contributed by atoms with Crippen molar-refractivity contribution in [3.63, 3.8) is 0 Å². The molecular formula is C13H22O2. The van der Waals surface area contributed by atoms with Crippen LogP contribution in [0.2, 0.25) is 0 Å². The van der Waals surface area contributed by atoms with Crippen LogP contribution in [0.25, 0.3) is 0 Å². The van der Waals surface area contributed by atoms with Crippen LogP contribution < -0.4 is 0 Å². The first-order valence-corrected chi connectivity index (χ1v) is 6.20. The molecule has 1 atom stereocenters. The Balaban J connectivity index is 1.87. The molecule has 1 heterocycles. The minimum Gasteiger partial charge on any atom is -0.490 e. The van der Waals surface area contributed by atoms with Crippen molar-refractivity contribution in [3.05, 3.63) is 12.3 Å². The summed E-state index contributed by atoms with van der Waals surface area (Å²) in [6.07, 6.45) is 12.8. The van der Waals surface area contributed by atoms with Gasteiger partial charge in [0.15, 0.2) is 11.9 Å². The zero-order valence-corrected chi connectivity index (χ0v) is 9.71. The number of rotatable bonds is 8. The zero-order chi connectivity index (χ0) is 10.9. The molecule has 0 spiro atoms. The molecule has 15 heavy (non-hydrogen) atoms. The minimum atomic E-state index is -0.166. The Morgan fingerprint density at radius 1 is 1.13 bits per heavy atom. The van der Waals surface area contributed by atoms with Crippen molar-refractivity contribution in [1.29, 1.82) is 0 Å². The van der Waals surface area contributed by atoms with Gasteiger partial charge in [-0.3, -0.25) is 4.79 Å². The van der Waals surface area contributed by atoms with Gasteiger partial charge in [0.25, 0.3) is 0 Å². The number of ketones is 1. The molecule has 0 aromatic rings. The first kappa shape index (κ1) is 12.3. The lowest BCUT2D eigenvalue weighted by Crippen LogP contribution is -2.15. The smallest absolute Gasteiger partial charge is 0.199 e. The molecule has 0 saturated heterocycles. The van der Waals surface area contributed by atoms with Gasteiger partial charge < -0.3 is 4.74 Å². The molecule has 0 aliphatic carbocycles. The molecular weight excluding hydrogens is 188 g/mol. The Bertz CT molecular complexity index is 209. The fourth-order valence-electron chi connectivity index (χ4n) is 1.87. The third kappa shape index (κ3) is 5.01. The lowest BCUT2D eigenvalue weighted by atomic mass is 10.0. The van der Waals surface area contributed by atoms with Crippen LogP contribution >= 0.6 is 0 Å². The van der Waals surface area contributed by atoms with E-state index in [0.717, 1.165) is 12.8 Å². The second kappa shape index (κ2) is 7.49. The first-order chi connectivity index (χ1) is 7.34. The molecule has 0 bridgehead atoms. The summed E-state index contributed by atoms with van der Waals surface area (Å²) < 4.78 is 5.18. The van der Waals surface area contributed by atoms with Gasteiger partial charge in [0.1, 0.15) is 0 Å². The Kier molecular flexibility index (Phi) is 6.14. The molecule has 1 aliphatic rings. The van der Waals surface area contributed by atoms with Crippen LogP contribution in [-0.2, 0) is 9.53 Å². The summed E-state index contributed by atoms with van der Waals surface area (Å²) >= 11 is 0. The molecule has 86 valence electrons. The fourth-order valence-corrected chi connectivity index (χ4v) is 1.87. The fraction of sp³-hybridized carbons (Fsp3) is 0.769. The SMILES string of the molecule is CCCCCCCCCC1OC=CC1=O. The maximum absolute atomic E-state index is 11.2. The molecule has 2 nitrogen and oxygen atoms in total. The van der Waals surface area contributed by atoms with Gasteiger partial charge in [0.2, 0.25) is 0 Å². The summed E-state index contributed by atoms with van der Waals surface area (Å²) in [6.45, 7) is 2.23. The molecule has 0 radical (unpaired) electrons. The molecule has 0 fully saturated rings. The van der Waals surface area contributed by atoms with E-state index in [1.165, 1.54) is 50.9 Å². The summed E-state index contributed by atoms with van der Waals surface area (Å²) in [5, 5.41) is 0. The quantitative estimate of drug-likeness (QED) is 0.572. The lowest BCUT2D eigenvalue weighted by molar-refractivity contribution is -0.120. The number of hydrogen-bond donors (Lipinski definition) is 0. The molecule has 1 aliphatic heterocycles. The highest BCUT2D eigenvalue weighted by Gasteiger charge is 2.19. The van der Waals surface area contributed by atoms with E-state index in [-0.39, 0.29) is 11.9 Å². The van der Waals surface area contributed by atoms with Crippen LogP contribution in [0.15, 0.2) is 12.3 Å². The average molecular weight is 210 g/mol. The number of carbonyl (C=O) groups excluding carboxylic acids is 1. The Labute approximate surface area is 92.7 Å². The van der Waals surface area contributed by atoms with Crippen molar-refractivity contribution in [2.75, 3.05) is 0 Å². The van der Waals surface area contributed by atoms with Gasteiger partial charge in [-0.25, -0.2) is 0 Å². The molecule has 1 rings (SSSR count). The van der Waals surface area contributed by atoms with E-state index in [4.69, 9.17) is 4.74 Å². The summed E-state index contributed by atoms with van der Waals surface area (Å²) in [7, 11) is 0. The van der Waals surface area contributed by atoms with Crippen molar-refractivity contribution in [2.24, 2.45) is 0 Å². The minimum absolute atomic E-state index is 0.140. The van der Waals surface area contributed by atoms with E-state index < -0.39 is 0 Å². The maximum atomic E-state index is 11.2. The van der Waals surface area contributed by atoms with E-state index in [1.54, 1.807) is 0 Å². The number of unbranched alkanes of at least 4 members (excludes halogenated alkanes) is 6. The van der Waals surface area contributed by atoms with Gasteiger partial charge in [-0.2, -0.15) is 0 Å². The van der Waals surface area contributed by atoms with E-state index in [9.17, 15) is 4.79 Å². The Morgan fingerprint density at radius 3 is 2.40 bits per heavy atom. The summed E-state index contributed by atoms with van der Waals surface area (Å²) in [5.41, 5.74) is 0. The standard InChI is InChI=1S/C13H22O2/c1-2-3-4-5-6-7-8-9-13-12(14)10-11-15-13/h10-11,13H,2-9H2,1H3. The lowest BCUT2D eigenvalue weighted by Gasteiger charge is -2.08. The van der Waals surface area contributed by atoms with Crippen LogP contribution in [0.1, 0.15) is 58.3 Å². The highest BCUT2D eigenvalue weighted by Crippen LogP contribution is 2.14. The zero-order valence-electron chi connectivity index (χ0n) is 9.71. The number of hydrogen-bond acceptors (Lipinski definition) is 2. The van der Waals surface area contributed by atoms with Crippen molar-refractivity contribution < 1.29 is 9.53 Å². The third-order valence-electron chi connectivity index (χ3n) is 2.86. The summed E-state index contributed by atoms with van der Waals surface area (Å²) in [5.74, 6) is 0.140. The van der Waals surface area contributed by atoms with Crippen LogP contribution in [0.5, 0.6) is 0 Å². The average Bonchev–Trinajstić information content (AvgIpc) is 2.63. The van der Waals surface area contributed by atoms with Gasteiger partial charge in [0, 0.05) is 6.08 Å². The molecule has 0 aromatic heterocycles. The van der Waals surface area contributed by atoms with Gasteiger partial charge in [-0.05, 0) is 12.8 Å². The normalized spacial score (nSPS) is 19.5. The topological polar surface area (TPSA) is 26.3 Å². The van der Waals surface area contributed by atoms with Gasteiger partial charge >= 0.3 is 0 Å². The number of carbonyl (C=O) groups is 1. The Hall–Kier alpha value is -0.790. The first-order valence-electron chi connectivity index (χ1n) is 6.20. The van der Waals surface area contributed by atoms with Crippen LogP contribution in [0.4, 0.5) is 0 Å². The van der Waals surface area contributed by atoms with Crippen molar-refractivity contribution in [2.45, 2.75) is 64.4 Å². The molecule has 2 heteroatoms. The monoisotopic (exact) mass is 210 g/mol. The molecule has 0 saturated carbocycles. The predicted molar refractivity (Wildman–Crippen MR) is 61.6 cm³/mol. The highest BCUT2D eigenvalue weighted by atomic mass is 16.5. The molecule has 0 aromatic carbocycles. The van der Waals surface area contributed by atoms with Gasteiger partial charge in [-0.15, -0.1) is 0 Å². The van der Waals surface area contributed by atoms with Crippen molar-refractivity contribution in [1.82, 2.24) is 0 Å². The van der Waals surface area contributed by atoms with E-state index in [1.807, 2.05) is 0 Å².